The van der Waals surface area contributed by atoms with E-state index in [1.165, 1.54) is 22.7 Å². The fourth-order valence-corrected chi connectivity index (χ4v) is 10.6. The van der Waals surface area contributed by atoms with Gasteiger partial charge in [0.2, 0.25) is 0 Å². The first-order valence-corrected chi connectivity index (χ1v) is 16.2. The second-order valence-electron chi connectivity index (χ2n) is 10.5. The number of rotatable bonds is 2. The topological polar surface area (TPSA) is 44.2 Å². The molecule has 2 aliphatic rings. The van der Waals surface area contributed by atoms with Crippen LogP contribution in [-0.4, -0.2) is 8.75 Å². The Labute approximate surface area is 242 Å². The number of aromatic nitrogens is 2. The summed E-state index contributed by atoms with van der Waals surface area (Å²) in [4.78, 5) is 5.28. The van der Waals surface area contributed by atoms with Gasteiger partial charge in [-0.25, -0.2) is 8.78 Å². The predicted molar refractivity (Wildman–Crippen MR) is 158 cm³/mol. The first-order chi connectivity index (χ1) is 18.6. The summed E-state index contributed by atoms with van der Waals surface area (Å²) in [5.74, 6) is -0.188. The molecular formula is C28H18F2N2O2S5. The van der Waals surface area contributed by atoms with Crippen LogP contribution in [0.4, 0.5) is 8.78 Å². The molecule has 2 aliphatic heterocycles. The third-order valence-electron chi connectivity index (χ3n) is 7.25. The smallest absolute Gasteiger partial charge is 0.170 e. The lowest BCUT2D eigenvalue weighted by molar-refractivity contribution is 0.107. The second-order valence-corrected chi connectivity index (χ2v) is 15.0. The summed E-state index contributed by atoms with van der Waals surface area (Å²) < 4.78 is 53.8. The molecule has 11 heteroatoms. The summed E-state index contributed by atoms with van der Waals surface area (Å²) in [6, 6.07) is 7.74. The van der Waals surface area contributed by atoms with Gasteiger partial charge in [0.05, 0.1) is 42.4 Å². The Morgan fingerprint density at radius 2 is 1.10 bits per heavy atom. The van der Waals surface area contributed by atoms with Crippen molar-refractivity contribution in [2.24, 2.45) is 0 Å². The van der Waals surface area contributed by atoms with E-state index >= 15 is 8.78 Å². The summed E-state index contributed by atoms with van der Waals surface area (Å²) >= 11 is 7.02. The molecule has 0 saturated carbocycles. The van der Waals surface area contributed by atoms with E-state index in [9.17, 15) is 0 Å². The van der Waals surface area contributed by atoms with Crippen LogP contribution in [0.5, 0.6) is 11.5 Å². The lowest BCUT2D eigenvalue weighted by Gasteiger charge is -2.31. The Hall–Kier alpha value is -2.70. The zero-order chi connectivity index (χ0) is 26.8. The summed E-state index contributed by atoms with van der Waals surface area (Å²) in [6.07, 6.45) is 0. The number of ether oxygens (including phenoxy) is 2. The van der Waals surface area contributed by atoms with Gasteiger partial charge in [0.25, 0.3) is 0 Å². The largest absolute Gasteiger partial charge is 0.482 e. The molecule has 0 amide bonds. The van der Waals surface area contributed by atoms with E-state index in [2.05, 4.69) is 8.75 Å². The van der Waals surface area contributed by atoms with E-state index in [0.29, 0.717) is 20.8 Å². The molecular weight excluding hydrogens is 595 g/mol. The monoisotopic (exact) mass is 612 g/mol. The van der Waals surface area contributed by atoms with Crippen LogP contribution in [0.1, 0.15) is 38.8 Å². The molecule has 39 heavy (non-hydrogen) atoms. The maximum Gasteiger partial charge on any atom is 0.170 e. The maximum absolute atomic E-state index is 16.2. The minimum atomic E-state index is -0.910. The van der Waals surface area contributed by atoms with Crippen molar-refractivity contribution in [2.75, 3.05) is 0 Å². The number of thiophene rings is 4. The van der Waals surface area contributed by atoms with Crippen molar-refractivity contribution < 1.29 is 18.3 Å². The lowest BCUT2D eigenvalue weighted by Crippen LogP contribution is -2.27. The molecule has 0 N–H and O–H groups in total. The van der Waals surface area contributed by atoms with Gasteiger partial charge in [0.1, 0.15) is 33.7 Å². The van der Waals surface area contributed by atoms with Gasteiger partial charge in [0, 0.05) is 20.9 Å². The van der Waals surface area contributed by atoms with Crippen LogP contribution in [0.2, 0.25) is 0 Å². The average Bonchev–Trinajstić information content (AvgIpc) is 3.67. The van der Waals surface area contributed by atoms with Gasteiger partial charge in [-0.05, 0) is 62.7 Å². The molecule has 8 rings (SSSR count). The highest BCUT2D eigenvalue weighted by atomic mass is 32.1. The maximum atomic E-state index is 16.2. The van der Waals surface area contributed by atoms with Gasteiger partial charge in [-0.3, -0.25) is 0 Å². The Morgan fingerprint density at radius 3 is 1.54 bits per heavy atom. The minimum absolute atomic E-state index is 0.152. The highest BCUT2D eigenvalue weighted by molar-refractivity contribution is 7.24. The number of hydrogen-bond donors (Lipinski definition) is 0. The molecule has 0 aliphatic carbocycles. The third kappa shape index (κ3) is 3.28. The summed E-state index contributed by atoms with van der Waals surface area (Å²) in [6.45, 7) is 7.97. The molecule has 0 spiro atoms. The molecule has 7 heterocycles. The van der Waals surface area contributed by atoms with Gasteiger partial charge in [-0.2, -0.15) is 8.75 Å². The van der Waals surface area contributed by atoms with Gasteiger partial charge < -0.3 is 9.47 Å². The average molecular weight is 613 g/mol. The van der Waals surface area contributed by atoms with Crippen molar-refractivity contribution in [3.05, 3.63) is 57.8 Å². The zero-order valence-corrected chi connectivity index (χ0v) is 25.1. The molecule has 1 aromatic carbocycles. The van der Waals surface area contributed by atoms with E-state index in [0.717, 1.165) is 53.9 Å². The van der Waals surface area contributed by atoms with Crippen LogP contribution >= 0.6 is 57.1 Å². The van der Waals surface area contributed by atoms with Crippen molar-refractivity contribution in [2.45, 2.75) is 38.9 Å². The molecule has 0 unspecified atom stereocenters. The molecule has 196 valence electrons. The number of hydrogen-bond acceptors (Lipinski definition) is 9. The molecule has 0 atom stereocenters. The molecule has 5 aromatic heterocycles. The first kappa shape index (κ1) is 24.1. The standard InChI is InChI=1S/C28H18F2N2O2S5/c1-27(2)11-9-15(37-23(11)25-13(33-27)5-7-35-25)17-19(29)20(30)18(22-21(17)31-39-32-22)16-10-12-24(38-16)26-14(6-8-36-26)34-28(12,3)4/h5-10H,1-4H3. The molecule has 0 bridgehead atoms. The van der Waals surface area contributed by atoms with Crippen molar-refractivity contribution in [1.29, 1.82) is 0 Å². The van der Waals surface area contributed by atoms with Crippen LogP contribution in [0.25, 0.3) is 51.4 Å². The SMILES string of the molecule is CC1(C)Oc2ccsc2-c2sc(-c3c(F)c(F)c(-c4cc5c(s4)-c4sccc4OC5(C)C)c4nsnc34)cc21. The number of halogens is 2. The van der Waals surface area contributed by atoms with Crippen molar-refractivity contribution in [3.63, 3.8) is 0 Å². The zero-order valence-electron chi connectivity index (χ0n) is 21.0. The Kier molecular flexibility index (Phi) is 4.91. The molecule has 0 radical (unpaired) electrons. The highest BCUT2D eigenvalue weighted by Crippen LogP contribution is 2.56. The third-order valence-corrected chi connectivity index (χ3v) is 12.2. The Balaban J connectivity index is 1.35. The van der Waals surface area contributed by atoms with Crippen LogP contribution in [0.15, 0.2) is 35.0 Å². The van der Waals surface area contributed by atoms with Gasteiger partial charge in [-0.15, -0.1) is 45.3 Å². The van der Waals surface area contributed by atoms with Crippen molar-refractivity contribution in [3.8, 4) is 51.9 Å². The molecule has 4 nitrogen and oxygen atoms in total. The lowest BCUT2D eigenvalue weighted by atomic mass is 9.93. The fraction of sp³-hybridized carbons (Fsp3) is 0.214. The summed E-state index contributed by atoms with van der Waals surface area (Å²) in [7, 11) is 0. The number of benzene rings is 1. The number of nitrogens with zero attached hydrogens (tertiary/aromatic N) is 2. The second kappa shape index (κ2) is 7.94. The summed E-state index contributed by atoms with van der Waals surface area (Å²) in [5.41, 5.74) is 1.76. The van der Waals surface area contributed by atoms with Crippen LogP contribution < -0.4 is 9.47 Å². The van der Waals surface area contributed by atoms with E-state index in [-0.39, 0.29) is 11.1 Å². The number of fused-ring (bicyclic) bond motifs is 7. The Morgan fingerprint density at radius 1 is 0.667 bits per heavy atom. The van der Waals surface area contributed by atoms with Gasteiger partial charge >= 0.3 is 0 Å². The summed E-state index contributed by atoms with van der Waals surface area (Å²) in [5, 5.41) is 3.97. The van der Waals surface area contributed by atoms with E-state index < -0.39 is 22.8 Å². The highest BCUT2D eigenvalue weighted by Gasteiger charge is 2.39. The first-order valence-electron chi connectivity index (χ1n) is 12.1. The predicted octanol–water partition coefficient (Wildman–Crippen LogP) is 10.1. The van der Waals surface area contributed by atoms with Gasteiger partial charge in [-0.1, -0.05) is 0 Å². The van der Waals surface area contributed by atoms with Gasteiger partial charge in [0.15, 0.2) is 11.6 Å². The molecule has 0 saturated heterocycles. The van der Waals surface area contributed by atoms with E-state index in [1.54, 1.807) is 22.7 Å². The van der Waals surface area contributed by atoms with Crippen LogP contribution in [0, 0.1) is 11.6 Å². The quantitative estimate of drug-likeness (QED) is 0.195. The van der Waals surface area contributed by atoms with Crippen LogP contribution in [0.3, 0.4) is 0 Å². The van der Waals surface area contributed by atoms with Crippen LogP contribution in [-0.2, 0) is 11.2 Å². The fourth-order valence-electron chi connectivity index (χ4n) is 5.40. The molecule has 0 fully saturated rings. The molecule has 6 aromatic rings. The Bertz CT molecular complexity index is 1830. The van der Waals surface area contributed by atoms with E-state index in [1.807, 2.05) is 62.7 Å². The van der Waals surface area contributed by atoms with Crippen molar-refractivity contribution in [1.82, 2.24) is 8.75 Å². The van der Waals surface area contributed by atoms with Crippen molar-refractivity contribution >= 4 is 68.1 Å². The van der Waals surface area contributed by atoms with E-state index in [4.69, 9.17) is 9.47 Å². The normalized spacial score (nSPS) is 16.3. The minimum Gasteiger partial charge on any atom is -0.482 e.